The van der Waals surface area contributed by atoms with Crippen molar-refractivity contribution in [1.29, 1.82) is 0 Å². The van der Waals surface area contributed by atoms with E-state index in [1.807, 2.05) is 103 Å². The molecule has 6 heteroatoms. The average Bonchev–Trinajstić information content (AvgIpc) is 3.19. The molecule has 232 valence electrons. The Morgan fingerprint density at radius 2 is 0.449 bits per heavy atom. The molecular formula is C43H30N6. The lowest BCUT2D eigenvalue weighted by Crippen LogP contribution is -2.05. The van der Waals surface area contributed by atoms with Gasteiger partial charge in [0.25, 0.3) is 0 Å². The van der Waals surface area contributed by atoms with Crippen molar-refractivity contribution in [2.45, 2.75) is 6.92 Å². The minimum absolute atomic E-state index is 0.369. The molecule has 0 radical (unpaired) electrons. The number of benzene rings is 6. The monoisotopic (exact) mass is 630 g/mol. The zero-order chi connectivity index (χ0) is 33.0. The van der Waals surface area contributed by atoms with E-state index in [2.05, 4.69) is 67.6 Å². The van der Waals surface area contributed by atoms with E-state index in [-0.39, 0.29) is 0 Å². The fourth-order valence-electron chi connectivity index (χ4n) is 5.64. The standard InChI is InChI=1S/C43H30N6/c1-29-17-19-31(20-18-29)33-23-27-37(28-24-33)41-45-39(35-15-9-4-10-16-35)47-43(49-41)42-46-38(34-13-7-3-8-14-34)44-40(48-42)36-25-21-32(22-26-36)30-11-5-2-6-12-30/h2-28H,1H3. The van der Waals surface area contributed by atoms with Crippen LogP contribution < -0.4 is 0 Å². The Labute approximate surface area is 285 Å². The van der Waals surface area contributed by atoms with E-state index in [1.54, 1.807) is 0 Å². The van der Waals surface area contributed by atoms with Crippen molar-refractivity contribution in [1.82, 2.24) is 29.9 Å². The smallest absolute Gasteiger partial charge is 0.202 e. The van der Waals surface area contributed by atoms with Crippen LogP contribution in [0.2, 0.25) is 0 Å². The number of rotatable bonds is 7. The fourth-order valence-corrected chi connectivity index (χ4v) is 5.64. The summed E-state index contributed by atoms with van der Waals surface area (Å²) >= 11 is 0. The molecule has 0 N–H and O–H groups in total. The largest absolute Gasteiger partial charge is 0.208 e. The van der Waals surface area contributed by atoms with Gasteiger partial charge in [-0.3, -0.25) is 0 Å². The van der Waals surface area contributed by atoms with Gasteiger partial charge in [0.2, 0.25) is 11.6 Å². The summed E-state index contributed by atoms with van der Waals surface area (Å²) in [4.78, 5) is 29.6. The lowest BCUT2D eigenvalue weighted by atomic mass is 10.0. The third-order valence-electron chi connectivity index (χ3n) is 8.31. The zero-order valence-electron chi connectivity index (χ0n) is 26.8. The highest BCUT2D eigenvalue weighted by molar-refractivity contribution is 5.72. The van der Waals surface area contributed by atoms with Crippen LogP contribution in [-0.4, -0.2) is 29.9 Å². The second kappa shape index (κ2) is 13.2. The lowest BCUT2D eigenvalue weighted by molar-refractivity contribution is 1.00. The number of hydrogen-bond acceptors (Lipinski definition) is 6. The second-order valence-corrected chi connectivity index (χ2v) is 11.7. The van der Waals surface area contributed by atoms with Crippen LogP contribution in [0.15, 0.2) is 164 Å². The van der Waals surface area contributed by atoms with Crippen LogP contribution >= 0.6 is 0 Å². The third kappa shape index (κ3) is 6.48. The van der Waals surface area contributed by atoms with Crippen LogP contribution in [0, 0.1) is 6.92 Å². The van der Waals surface area contributed by atoms with Crippen molar-refractivity contribution in [2.24, 2.45) is 0 Å². The van der Waals surface area contributed by atoms with Gasteiger partial charge in [0.05, 0.1) is 0 Å². The molecule has 6 aromatic carbocycles. The zero-order valence-corrected chi connectivity index (χ0v) is 26.8. The van der Waals surface area contributed by atoms with E-state index in [0.29, 0.717) is 34.9 Å². The Kier molecular flexibility index (Phi) is 8.02. The molecule has 0 fully saturated rings. The van der Waals surface area contributed by atoms with Crippen molar-refractivity contribution in [3.63, 3.8) is 0 Å². The first-order valence-corrected chi connectivity index (χ1v) is 16.1. The van der Waals surface area contributed by atoms with Crippen molar-refractivity contribution in [3.05, 3.63) is 169 Å². The van der Waals surface area contributed by atoms with E-state index in [1.165, 1.54) is 5.56 Å². The first-order chi connectivity index (χ1) is 24.2. The van der Waals surface area contributed by atoms with Crippen LogP contribution in [0.3, 0.4) is 0 Å². The summed E-state index contributed by atoms with van der Waals surface area (Å²) in [6.45, 7) is 2.09. The van der Waals surface area contributed by atoms with Gasteiger partial charge in [0.1, 0.15) is 0 Å². The summed E-state index contributed by atoms with van der Waals surface area (Å²) in [5.74, 6) is 2.89. The normalized spacial score (nSPS) is 11.0. The van der Waals surface area contributed by atoms with Crippen molar-refractivity contribution >= 4 is 0 Å². The fraction of sp³-hybridized carbons (Fsp3) is 0.0233. The van der Waals surface area contributed by atoms with E-state index in [4.69, 9.17) is 29.9 Å². The molecule has 0 aliphatic carbocycles. The Morgan fingerprint density at radius 3 is 0.796 bits per heavy atom. The topological polar surface area (TPSA) is 77.3 Å². The Hall–Kier alpha value is -6.66. The molecule has 0 bridgehead atoms. The third-order valence-corrected chi connectivity index (χ3v) is 8.31. The molecule has 0 spiro atoms. The predicted octanol–water partition coefficient (Wildman–Crippen LogP) is 10.0. The minimum atomic E-state index is 0.369. The molecule has 0 atom stereocenters. The molecule has 0 saturated carbocycles. The average molecular weight is 631 g/mol. The van der Waals surface area contributed by atoms with Gasteiger partial charge in [-0.05, 0) is 29.2 Å². The molecule has 0 aliphatic rings. The number of hydrogen-bond donors (Lipinski definition) is 0. The molecule has 8 aromatic rings. The maximum Gasteiger partial charge on any atom is 0.202 e. The van der Waals surface area contributed by atoms with Crippen molar-refractivity contribution in [3.8, 4) is 79.5 Å². The van der Waals surface area contributed by atoms with Gasteiger partial charge in [-0.1, -0.05) is 169 Å². The molecular weight excluding hydrogens is 601 g/mol. The predicted molar refractivity (Wildman–Crippen MR) is 196 cm³/mol. The SMILES string of the molecule is Cc1ccc(-c2ccc(-c3nc(-c4ccccc4)nc(-c4nc(-c5ccccc5)nc(-c5ccc(-c6ccccc6)cc5)n4)n3)cc2)cc1. The summed E-state index contributed by atoms with van der Waals surface area (Å²) in [6.07, 6.45) is 0. The van der Waals surface area contributed by atoms with Gasteiger partial charge in [0, 0.05) is 22.3 Å². The first-order valence-electron chi connectivity index (χ1n) is 16.1. The van der Waals surface area contributed by atoms with E-state index >= 15 is 0 Å². The summed E-state index contributed by atoms with van der Waals surface area (Å²) in [5.41, 5.74) is 9.24. The maximum absolute atomic E-state index is 4.96. The maximum atomic E-state index is 4.96. The van der Waals surface area contributed by atoms with Gasteiger partial charge in [0.15, 0.2) is 23.3 Å². The highest BCUT2D eigenvalue weighted by Gasteiger charge is 2.18. The Bertz CT molecular complexity index is 2340. The Balaban J connectivity index is 1.25. The molecule has 8 rings (SSSR count). The van der Waals surface area contributed by atoms with E-state index in [0.717, 1.165) is 44.5 Å². The van der Waals surface area contributed by atoms with Gasteiger partial charge in [-0.25, -0.2) is 29.9 Å². The molecule has 0 unspecified atom stereocenters. The van der Waals surface area contributed by atoms with Crippen LogP contribution in [0.5, 0.6) is 0 Å². The number of nitrogens with zero attached hydrogens (tertiary/aromatic N) is 6. The van der Waals surface area contributed by atoms with Crippen LogP contribution in [0.1, 0.15) is 5.56 Å². The minimum Gasteiger partial charge on any atom is -0.208 e. The molecule has 0 amide bonds. The summed E-state index contributed by atoms with van der Waals surface area (Å²) in [6, 6.07) is 55.2. The Morgan fingerprint density at radius 1 is 0.224 bits per heavy atom. The molecule has 49 heavy (non-hydrogen) atoms. The molecule has 6 nitrogen and oxygen atoms in total. The van der Waals surface area contributed by atoms with Crippen molar-refractivity contribution < 1.29 is 0 Å². The first kappa shape index (κ1) is 29.7. The van der Waals surface area contributed by atoms with Gasteiger partial charge in [-0.2, -0.15) is 0 Å². The lowest BCUT2D eigenvalue weighted by Gasteiger charge is -2.11. The van der Waals surface area contributed by atoms with Crippen LogP contribution in [0.4, 0.5) is 0 Å². The van der Waals surface area contributed by atoms with Crippen molar-refractivity contribution in [2.75, 3.05) is 0 Å². The van der Waals surface area contributed by atoms with Crippen LogP contribution in [-0.2, 0) is 0 Å². The van der Waals surface area contributed by atoms with Crippen LogP contribution in [0.25, 0.3) is 79.5 Å². The van der Waals surface area contributed by atoms with Gasteiger partial charge < -0.3 is 0 Å². The van der Waals surface area contributed by atoms with E-state index < -0.39 is 0 Å². The highest BCUT2D eigenvalue weighted by atomic mass is 15.1. The van der Waals surface area contributed by atoms with Gasteiger partial charge in [-0.15, -0.1) is 0 Å². The number of aromatic nitrogens is 6. The summed E-state index contributed by atoms with van der Waals surface area (Å²) < 4.78 is 0. The second-order valence-electron chi connectivity index (χ2n) is 11.7. The molecule has 0 aliphatic heterocycles. The molecule has 2 aromatic heterocycles. The summed E-state index contributed by atoms with van der Waals surface area (Å²) in [5, 5.41) is 0. The van der Waals surface area contributed by atoms with E-state index in [9.17, 15) is 0 Å². The van der Waals surface area contributed by atoms with Gasteiger partial charge >= 0.3 is 0 Å². The molecule has 0 saturated heterocycles. The quantitative estimate of drug-likeness (QED) is 0.174. The highest BCUT2D eigenvalue weighted by Crippen LogP contribution is 2.29. The molecule has 2 heterocycles. The number of aryl methyl sites for hydroxylation is 1. The summed E-state index contributed by atoms with van der Waals surface area (Å²) in [7, 11) is 0.